The van der Waals surface area contributed by atoms with Crippen LogP contribution >= 0.6 is 0 Å². The van der Waals surface area contributed by atoms with Gasteiger partial charge in [-0.05, 0) is 67.3 Å². The van der Waals surface area contributed by atoms with Crippen LogP contribution in [0.15, 0.2) is 53.4 Å². The van der Waals surface area contributed by atoms with Crippen LogP contribution in [0, 0.1) is 5.92 Å². The van der Waals surface area contributed by atoms with Gasteiger partial charge < -0.3 is 24.1 Å². The molecule has 1 unspecified atom stereocenters. The highest BCUT2D eigenvalue weighted by Crippen LogP contribution is 2.39. The van der Waals surface area contributed by atoms with Crippen LogP contribution < -0.4 is 9.47 Å². The minimum Gasteiger partial charge on any atom is -0.457 e. The number of hydrogen-bond donors (Lipinski definition) is 1. The molecule has 2 aromatic carbocycles. The lowest BCUT2D eigenvalue weighted by Gasteiger charge is -2.37. The number of ether oxygens (including phenoxy) is 4. The number of hydrogen-bond acceptors (Lipinski definition) is 7. The molecule has 1 spiro atoms. The van der Waals surface area contributed by atoms with Gasteiger partial charge in [-0.3, -0.25) is 0 Å². The zero-order valence-corrected chi connectivity index (χ0v) is 19.0. The first-order chi connectivity index (χ1) is 16.0. The van der Waals surface area contributed by atoms with Crippen molar-refractivity contribution < 1.29 is 45.6 Å². The molecule has 11 heteroatoms. The van der Waals surface area contributed by atoms with Gasteiger partial charge in [0.05, 0.1) is 30.0 Å². The summed E-state index contributed by atoms with van der Waals surface area (Å²) in [7, 11) is -3.74. The van der Waals surface area contributed by atoms with Crippen LogP contribution in [0.25, 0.3) is 0 Å². The van der Waals surface area contributed by atoms with Crippen molar-refractivity contribution in [1.29, 1.82) is 0 Å². The molecule has 7 nitrogen and oxygen atoms in total. The summed E-state index contributed by atoms with van der Waals surface area (Å²) >= 11 is 0. The van der Waals surface area contributed by atoms with Gasteiger partial charge in [0, 0.05) is 12.8 Å². The highest BCUT2D eigenvalue weighted by molar-refractivity contribution is 7.91. The molecule has 0 bridgehead atoms. The van der Waals surface area contributed by atoms with E-state index in [4.69, 9.17) is 14.2 Å². The summed E-state index contributed by atoms with van der Waals surface area (Å²) in [4.78, 5) is 0.0440. The molecule has 1 atom stereocenters. The predicted molar refractivity (Wildman–Crippen MR) is 114 cm³/mol. The van der Waals surface area contributed by atoms with E-state index in [2.05, 4.69) is 4.74 Å². The minimum absolute atomic E-state index is 0.0440. The SMILES string of the molecule is O=S(=O)(CC(O)C1CCC2(CC1)OCCO2)c1ccc(Oc2ccc(OC(F)(F)F)cc2)cc1. The first-order valence-electron chi connectivity index (χ1n) is 10.9. The highest BCUT2D eigenvalue weighted by atomic mass is 32.2. The summed E-state index contributed by atoms with van der Waals surface area (Å²) in [5.41, 5.74) is 0. The van der Waals surface area contributed by atoms with Crippen LogP contribution in [0.4, 0.5) is 13.2 Å². The van der Waals surface area contributed by atoms with Gasteiger partial charge in [0.1, 0.15) is 17.2 Å². The molecule has 1 N–H and O–H groups in total. The first-order valence-corrected chi connectivity index (χ1v) is 12.5. The molecular weight excluding hydrogens is 477 g/mol. The van der Waals surface area contributed by atoms with Crippen LogP contribution in [0.2, 0.25) is 0 Å². The Bertz CT molecular complexity index is 1050. The zero-order valence-electron chi connectivity index (χ0n) is 18.2. The highest BCUT2D eigenvalue weighted by Gasteiger charge is 2.42. The molecule has 1 saturated heterocycles. The van der Waals surface area contributed by atoms with E-state index in [1.54, 1.807) is 0 Å². The fourth-order valence-corrected chi connectivity index (χ4v) is 5.73. The molecule has 1 aliphatic carbocycles. The van der Waals surface area contributed by atoms with E-state index in [-0.39, 0.29) is 22.3 Å². The van der Waals surface area contributed by atoms with Gasteiger partial charge in [0.25, 0.3) is 0 Å². The average Bonchev–Trinajstić information content (AvgIpc) is 3.22. The Morgan fingerprint density at radius 3 is 1.97 bits per heavy atom. The maximum absolute atomic E-state index is 12.8. The van der Waals surface area contributed by atoms with E-state index in [0.29, 0.717) is 44.6 Å². The van der Waals surface area contributed by atoms with E-state index in [9.17, 15) is 26.7 Å². The molecule has 0 aromatic heterocycles. The largest absolute Gasteiger partial charge is 0.573 e. The second-order valence-corrected chi connectivity index (χ2v) is 10.4. The van der Waals surface area contributed by atoms with Crippen LogP contribution in [0.1, 0.15) is 25.7 Å². The van der Waals surface area contributed by atoms with Gasteiger partial charge in [-0.15, -0.1) is 13.2 Å². The number of sulfone groups is 1. The Kier molecular flexibility index (Phi) is 7.09. The third kappa shape index (κ3) is 6.21. The molecule has 2 aliphatic rings. The topological polar surface area (TPSA) is 91.3 Å². The molecular formula is C23H25F3O7S. The van der Waals surface area contributed by atoms with E-state index >= 15 is 0 Å². The molecule has 1 aliphatic heterocycles. The molecule has 1 heterocycles. The molecule has 2 fully saturated rings. The van der Waals surface area contributed by atoms with Crippen molar-refractivity contribution in [2.24, 2.45) is 5.92 Å². The van der Waals surface area contributed by atoms with Gasteiger partial charge in [-0.1, -0.05) is 0 Å². The molecule has 34 heavy (non-hydrogen) atoms. The molecule has 4 rings (SSSR count). The zero-order chi connectivity index (χ0) is 24.4. The van der Waals surface area contributed by atoms with Gasteiger partial charge >= 0.3 is 6.36 Å². The van der Waals surface area contributed by atoms with Crippen molar-refractivity contribution in [2.45, 2.75) is 48.8 Å². The van der Waals surface area contributed by atoms with Gasteiger partial charge in [0.2, 0.25) is 0 Å². The Morgan fingerprint density at radius 2 is 1.44 bits per heavy atom. The molecule has 0 radical (unpaired) electrons. The lowest BCUT2D eigenvalue weighted by Crippen LogP contribution is -2.39. The Hall–Kier alpha value is -2.34. The van der Waals surface area contributed by atoms with Crippen LogP contribution in [0.3, 0.4) is 0 Å². The fourth-order valence-electron chi connectivity index (χ4n) is 4.27. The van der Waals surface area contributed by atoms with Gasteiger partial charge in [-0.25, -0.2) is 8.42 Å². The van der Waals surface area contributed by atoms with E-state index < -0.39 is 33.8 Å². The summed E-state index contributed by atoms with van der Waals surface area (Å²) < 4.78 is 83.0. The Morgan fingerprint density at radius 1 is 0.941 bits per heavy atom. The van der Waals surface area contributed by atoms with Crippen LogP contribution in [-0.4, -0.2) is 50.7 Å². The van der Waals surface area contributed by atoms with Crippen LogP contribution in [-0.2, 0) is 19.3 Å². The standard InChI is InChI=1S/C23H25F3O7S/c24-23(25,26)33-19-3-1-17(2-4-19)32-18-5-7-20(8-6-18)34(28,29)15-21(27)16-9-11-22(12-10-16)30-13-14-31-22/h1-8,16,21,27H,9-15H2. The first kappa shape index (κ1) is 24.8. The van der Waals surface area contributed by atoms with Crippen molar-refractivity contribution >= 4 is 9.84 Å². The van der Waals surface area contributed by atoms with Crippen molar-refractivity contribution in [2.75, 3.05) is 19.0 Å². The molecule has 0 amide bonds. The third-order valence-electron chi connectivity index (χ3n) is 6.02. The number of rotatable bonds is 7. The predicted octanol–water partition coefficient (Wildman–Crippen LogP) is 4.45. The number of alkyl halides is 3. The van der Waals surface area contributed by atoms with Gasteiger partial charge in [-0.2, -0.15) is 0 Å². The molecule has 186 valence electrons. The summed E-state index contributed by atoms with van der Waals surface area (Å²) in [5, 5.41) is 10.6. The minimum atomic E-state index is -4.78. The van der Waals surface area contributed by atoms with Crippen molar-refractivity contribution in [3.05, 3.63) is 48.5 Å². The number of halogens is 3. The van der Waals surface area contributed by atoms with Crippen LogP contribution in [0.5, 0.6) is 17.2 Å². The number of aliphatic hydroxyl groups is 1. The fraction of sp³-hybridized carbons (Fsp3) is 0.478. The van der Waals surface area contributed by atoms with Gasteiger partial charge in [0.15, 0.2) is 15.6 Å². The quantitative estimate of drug-likeness (QED) is 0.598. The average molecular weight is 503 g/mol. The lowest BCUT2D eigenvalue weighted by atomic mass is 9.82. The molecule has 1 saturated carbocycles. The maximum atomic E-state index is 12.8. The maximum Gasteiger partial charge on any atom is 0.573 e. The summed E-state index contributed by atoms with van der Waals surface area (Å²) in [6, 6.07) is 10.5. The Labute approximate surface area is 195 Å². The van der Waals surface area contributed by atoms with Crippen molar-refractivity contribution in [3.63, 3.8) is 0 Å². The smallest absolute Gasteiger partial charge is 0.457 e. The normalized spacial score (nSPS) is 19.8. The number of benzene rings is 2. The monoisotopic (exact) mass is 502 g/mol. The lowest BCUT2D eigenvalue weighted by molar-refractivity contribution is -0.274. The summed E-state index contributed by atoms with van der Waals surface area (Å²) in [6.45, 7) is 1.11. The van der Waals surface area contributed by atoms with Crippen molar-refractivity contribution in [1.82, 2.24) is 0 Å². The third-order valence-corrected chi connectivity index (χ3v) is 7.79. The summed E-state index contributed by atoms with van der Waals surface area (Å²) in [6.07, 6.45) is -3.28. The van der Waals surface area contributed by atoms with E-state index in [1.165, 1.54) is 36.4 Å². The summed E-state index contributed by atoms with van der Waals surface area (Å²) in [5.74, 6) is -0.940. The second kappa shape index (κ2) is 9.73. The second-order valence-electron chi connectivity index (χ2n) is 8.39. The van der Waals surface area contributed by atoms with E-state index in [0.717, 1.165) is 12.1 Å². The number of aliphatic hydroxyl groups excluding tert-OH is 1. The Balaban J connectivity index is 1.32. The van der Waals surface area contributed by atoms with E-state index in [1.807, 2.05) is 0 Å². The molecule has 2 aromatic rings. The van der Waals surface area contributed by atoms with Crippen molar-refractivity contribution in [3.8, 4) is 17.2 Å².